The average Bonchev–Trinajstić information content (AvgIpc) is 2.29. The zero-order valence-corrected chi connectivity index (χ0v) is 11.5. The first-order chi connectivity index (χ1) is 8.17. The first-order valence-electron chi connectivity index (χ1n) is 6.53. The first-order valence-corrected chi connectivity index (χ1v) is 6.53. The van der Waals surface area contributed by atoms with Gasteiger partial charge in [-0.3, -0.25) is 0 Å². The minimum Gasteiger partial charge on any atom is -0.496 e. The standard InChI is InChI=1S/C15H25NO/c1-5-8-16-11-14-10-13(9-12(2)3)6-7-15(14)17-4/h6-7,10,12,16H,5,8-9,11H2,1-4H3. The van der Waals surface area contributed by atoms with Crippen LogP contribution < -0.4 is 10.1 Å². The molecule has 1 aromatic rings. The van der Waals surface area contributed by atoms with Gasteiger partial charge in [-0.05, 0) is 36.9 Å². The van der Waals surface area contributed by atoms with E-state index in [2.05, 4.69) is 44.3 Å². The maximum Gasteiger partial charge on any atom is 0.123 e. The number of nitrogens with one attached hydrogen (secondary N) is 1. The van der Waals surface area contributed by atoms with Crippen LogP contribution in [-0.2, 0) is 13.0 Å². The number of benzene rings is 1. The highest BCUT2D eigenvalue weighted by Crippen LogP contribution is 2.21. The van der Waals surface area contributed by atoms with Crippen molar-refractivity contribution in [3.8, 4) is 5.75 Å². The highest BCUT2D eigenvalue weighted by molar-refractivity contribution is 5.37. The summed E-state index contributed by atoms with van der Waals surface area (Å²) in [4.78, 5) is 0. The molecule has 0 unspecified atom stereocenters. The van der Waals surface area contributed by atoms with Gasteiger partial charge in [0.25, 0.3) is 0 Å². The second kappa shape index (κ2) is 7.33. The third-order valence-electron chi connectivity index (χ3n) is 2.73. The predicted octanol–water partition coefficient (Wildman–Crippen LogP) is 3.39. The van der Waals surface area contributed by atoms with Crippen LogP contribution in [0.15, 0.2) is 18.2 Å². The van der Waals surface area contributed by atoms with Crippen molar-refractivity contribution in [3.05, 3.63) is 29.3 Å². The Hall–Kier alpha value is -1.02. The highest BCUT2D eigenvalue weighted by atomic mass is 16.5. The Morgan fingerprint density at radius 1 is 1.29 bits per heavy atom. The summed E-state index contributed by atoms with van der Waals surface area (Å²) < 4.78 is 5.40. The van der Waals surface area contributed by atoms with Gasteiger partial charge < -0.3 is 10.1 Å². The normalized spacial score (nSPS) is 10.9. The summed E-state index contributed by atoms with van der Waals surface area (Å²) in [7, 11) is 1.74. The van der Waals surface area contributed by atoms with Gasteiger partial charge in [0.05, 0.1) is 7.11 Å². The minimum atomic E-state index is 0.694. The van der Waals surface area contributed by atoms with Crippen LogP contribution in [0.2, 0.25) is 0 Å². The quantitative estimate of drug-likeness (QED) is 0.731. The Labute approximate surface area is 105 Å². The van der Waals surface area contributed by atoms with Crippen molar-refractivity contribution in [2.75, 3.05) is 13.7 Å². The first kappa shape index (κ1) is 14.0. The SMILES string of the molecule is CCCNCc1cc(CC(C)C)ccc1OC. The second-order valence-electron chi connectivity index (χ2n) is 4.92. The van der Waals surface area contributed by atoms with Crippen molar-refractivity contribution < 1.29 is 4.74 Å². The highest BCUT2D eigenvalue weighted by Gasteiger charge is 2.05. The summed E-state index contributed by atoms with van der Waals surface area (Å²) in [6, 6.07) is 6.52. The molecular weight excluding hydrogens is 210 g/mol. The van der Waals surface area contributed by atoms with Crippen LogP contribution in [0.4, 0.5) is 0 Å². The number of ether oxygens (including phenoxy) is 1. The number of methoxy groups -OCH3 is 1. The van der Waals surface area contributed by atoms with Gasteiger partial charge in [-0.1, -0.05) is 32.9 Å². The third-order valence-corrected chi connectivity index (χ3v) is 2.73. The van der Waals surface area contributed by atoms with Crippen molar-refractivity contribution in [1.82, 2.24) is 5.32 Å². The zero-order valence-electron chi connectivity index (χ0n) is 11.5. The van der Waals surface area contributed by atoms with Crippen LogP contribution in [0, 0.1) is 5.92 Å². The molecule has 0 aliphatic rings. The van der Waals surface area contributed by atoms with Crippen molar-refractivity contribution in [2.45, 2.75) is 40.2 Å². The van der Waals surface area contributed by atoms with E-state index >= 15 is 0 Å². The third kappa shape index (κ3) is 4.78. The van der Waals surface area contributed by atoms with E-state index in [-0.39, 0.29) is 0 Å². The maximum atomic E-state index is 5.40. The molecule has 0 saturated heterocycles. The topological polar surface area (TPSA) is 21.3 Å². The smallest absolute Gasteiger partial charge is 0.123 e. The second-order valence-corrected chi connectivity index (χ2v) is 4.92. The Balaban J connectivity index is 2.75. The van der Waals surface area contributed by atoms with Gasteiger partial charge in [-0.15, -0.1) is 0 Å². The summed E-state index contributed by atoms with van der Waals surface area (Å²) in [5.41, 5.74) is 2.66. The number of hydrogen-bond donors (Lipinski definition) is 1. The molecule has 2 nitrogen and oxygen atoms in total. The van der Waals surface area contributed by atoms with Crippen LogP contribution >= 0.6 is 0 Å². The Kier molecular flexibility index (Phi) is 6.06. The van der Waals surface area contributed by atoms with Crippen molar-refractivity contribution in [3.63, 3.8) is 0 Å². The van der Waals surface area contributed by atoms with Crippen LogP contribution in [-0.4, -0.2) is 13.7 Å². The Morgan fingerprint density at radius 3 is 2.65 bits per heavy atom. The monoisotopic (exact) mass is 235 g/mol. The molecule has 0 atom stereocenters. The molecule has 17 heavy (non-hydrogen) atoms. The molecule has 1 aromatic carbocycles. The van der Waals surface area contributed by atoms with E-state index < -0.39 is 0 Å². The van der Waals surface area contributed by atoms with E-state index in [9.17, 15) is 0 Å². The molecule has 0 bridgehead atoms. The van der Waals surface area contributed by atoms with Gasteiger partial charge >= 0.3 is 0 Å². The summed E-state index contributed by atoms with van der Waals surface area (Å²) in [5.74, 6) is 1.68. The number of hydrogen-bond acceptors (Lipinski definition) is 2. The zero-order chi connectivity index (χ0) is 12.7. The molecular formula is C15H25NO. The van der Waals surface area contributed by atoms with E-state index in [1.165, 1.54) is 11.1 Å². The molecule has 1 N–H and O–H groups in total. The van der Waals surface area contributed by atoms with Gasteiger partial charge in [0.2, 0.25) is 0 Å². The summed E-state index contributed by atoms with van der Waals surface area (Å²) in [5, 5.41) is 3.43. The molecule has 0 spiro atoms. The van der Waals surface area contributed by atoms with Crippen LogP contribution in [0.5, 0.6) is 5.75 Å². The van der Waals surface area contributed by atoms with Gasteiger partial charge in [0.1, 0.15) is 5.75 Å². The lowest BCUT2D eigenvalue weighted by atomic mass is 10.0. The van der Waals surface area contributed by atoms with Crippen LogP contribution in [0.25, 0.3) is 0 Å². The van der Waals surface area contributed by atoms with Gasteiger partial charge in [-0.2, -0.15) is 0 Å². The lowest BCUT2D eigenvalue weighted by Gasteiger charge is -2.12. The molecule has 0 heterocycles. The molecule has 0 aliphatic heterocycles. The Bertz CT molecular complexity index is 334. The Morgan fingerprint density at radius 2 is 2.06 bits per heavy atom. The summed E-state index contributed by atoms with van der Waals surface area (Å²) in [6.07, 6.45) is 2.29. The van der Waals surface area contributed by atoms with E-state index in [0.717, 1.165) is 31.7 Å². The lowest BCUT2D eigenvalue weighted by molar-refractivity contribution is 0.407. The fourth-order valence-corrected chi connectivity index (χ4v) is 1.97. The molecule has 0 aromatic heterocycles. The van der Waals surface area contributed by atoms with E-state index in [0.29, 0.717) is 5.92 Å². The van der Waals surface area contributed by atoms with Crippen molar-refractivity contribution >= 4 is 0 Å². The summed E-state index contributed by atoms with van der Waals surface area (Å²) in [6.45, 7) is 8.62. The molecule has 0 radical (unpaired) electrons. The van der Waals surface area contributed by atoms with E-state index in [1.807, 2.05) is 0 Å². The predicted molar refractivity (Wildman–Crippen MR) is 73.5 cm³/mol. The molecule has 0 aliphatic carbocycles. The summed E-state index contributed by atoms with van der Waals surface area (Å²) >= 11 is 0. The van der Waals surface area contributed by atoms with Crippen molar-refractivity contribution in [2.24, 2.45) is 5.92 Å². The molecule has 2 heteroatoms. The molecule has 0 saturated carbocycles. The number of rotatable bonds is 7. The van der Waals surface area contributed by atoms with Gasteiger partial charge in [0, 0.05) is 12.1 Å². The largest absolute Gasteiger partial charge is 0.496 e. The molecule has 0 fully saturated rings. The minimum absolute atomic E-state index is 0.694. The molecule has 0 amide bonds. The van der Waals surface area contributed by atoms with Crippen LogP contribution in [0.1, 0.15) is 38.3 Å². The molecule has 1 rings (SSSR count). The van der Waals surface area contributed by atoms with Gasteiger partial charge in [-0.25, -0.2) is 0 Å². The average molecular weight is 235 g/mol. The fourth-order valence-electron chi connectivity index (χ4n) is 1.97. The maximum absolute atomic E-state index is 5.40. The van der Waals surface area contributed by atoms with E-state index in [1.54, 1.807) is 7.11 Å². The fraction of sp³-hybridized carbons (Fsp3) is 0.600. The van der Waals surface area contributed by atoms with Crippen molar-refractivity contribution in [1.29, 1.82) is 0 Å². The lowest BCUT2D eigenvalue weighted by Crippen LogP contribution is -2.14. The molecule has 96 valence electrons. The van der Waals surface area contributed by atoms with Crippen LogP contribution in [0.3, 0.4) is 0 Å². The van der Waals surface area contributed by atoms with E-state index in [4.69, 9.17) is 4.74 Å². The van der Waals surface area contributed by atoms with Gasteiger partial charge in [0.15, 0.2) is 0 Å².